The van der Waals surface area contributed by atoms with Gasteiger partial charge in [0, 0.05) is 39.0 Å². The molecule has 0 aliphatic rings. The van der Waals surface area contributed by atoms with Crippen LogP contribution >= 0.6 is 0 Å². The van der Waals surface area contributed by atoms with Crippen molar-refractivity contribution < 1.29 is 0 Å². The molecule has 0 aromatic carbocycles. The molecule has 1 heterocycles. The van der Waals surface area contributed by atoms with E-state index >= 15 is 0 Å². The van der Waals surface area contributed by atoms with Crippen molar-refractivity contribution >= 4 is 0 Å². The second kappa shape index (κ2) is 6.17. The first-order valence-electron chi connectivity index (χ1n) is 6.37. The lowest BCUT2D eigenvalue weighted by molar-refractivity contribution is 0.191. The second-order valence-corrected chi connectivity index (χ2v) is 5.44. The van der Waals surface area contributed by atoms with Crippen LogP contribution in [0.2, 0.25) is 0 Å². The molecule has 1 rings (SSSR count). The van der Waals surface area contributed by atoms with Crippen LogP contribution in [0.5, 0.6) is 0 Å². The Labute approximate surface area is 105 Å². The lowest BCUT2D eigenvalue weighted by Gasteiger charge is -2.30. The van der Waals surface area contributed by atoms with E-state index in [1.54, 1.807) is 0 Å². The molecule has 0 spiro atoms. The number of aryl methyl sites for hydroxylation is 1. The molecule has 1 aromatic rings. The van der Waals surface area contributed by atoms with Crippen LogP contribution in [0.3, 0.4) is 0 Å². The average molecular weight is 238 g/mol. The van der Waals surface area contributed by atoms with Crippen LogP contribution in [-0.4, -0.2) is 40.6 Å². The topological polar surface area (TPSA) is 47.1 Å². The minimum Gasteiger partial charge on any atom is -0.338 e. The van der Waals surface area contributed by atoms with E-state index in [1.807, 2.05) is 19.4 Å². The van der Waals surface area contributed by atoms with E-state index in [1.165, 1.54) is 0 Å². The third-order valence-electron chi connectivity index (χ3n) is 3.22. The summed E-state index contributed by atoms with van der Waals surface area (Å²) >= 11 is 0. The molecule has 0 fully saturated rings. The third kappa shape index (κ3) is 4.48. The zero-order valence-electron chi connectivity index (χ0n) is 11.6. The monoisotopic (exact) mass is 238 g/mol. The number of hydrogen-bond acceptors (Lipinski definition) is 3. The van der Waals surface area contributed by atoms with Crippen molar-refractivity contribution in [3.63, 3.8) is 0 Å². The SMILES string of the molecule is CCN(CCc1nccn1C)CC(C)(C)CN. The summed E-state index contributed by atoms with van der Waals surface area (Å²) in [5.74, 6) is 1.15. The van der Waals surface area contributed by atoms with Crippen molar-refractivity contribution in [3.8, 4) is 0 Å². The molecule has 0 saturated carbocycles. The molecule has 0 aliphatic carbocycles. The van der Waals surface area contributed by atoms with Crippen LogP contribution < -0.4 is 5.73 Å². The Balaban J connectivity index is 2.45. The zero-order valence-corrected chi connectivity index (χ0v) is 11.6. The summed E-state index contributed by atoms with van der Waals surface area (Å²) < 4.78 is 2.09. The highest BCUT2D eigenvalue weighted by atomic mass is 15.1. The molecule has 2 N–H and O–H groups in total. The maximum atomic E-state index is 5.78. The Morgan fingerprint density at radius 3 is 2.65 bits per heavy atom. The molecule has 0 atom stereocenters. The van der Waals surface area contributed by atoms with Crippen LogP contribution in [0.4, 0.5) is 0 Å². The largest absolute Gasteiger partial charge is 0.338 e. The molecule has 0 saturated heterocycles. The zero-order chi connectivity index (χ0) is 12.9. The molecule has 98 valence electrons. The van der Waals surface area contributed by atoms with Gasteiger partial charge in [-0.05, 0) is 18.5 Å². The van der Waals surface area contributed by atoms with Crippen molar-refractivity contribution in [2.45, 2.75) is 27.2 Å². The Bertz CT molecular complexity index is 330. The van der Waals surface area contributed by atoms with Crippen LogP contribution in [0.1, 0.15) is 26.6 Å². The molecule has 0 amide bonds. The first kappa shape index (κ1) is 14.2. The lowest BCUT2D eigenvalue weighted by atomic mass is 9.93. The average Bonchev–Trinajstić information content (AvgIpc) is 2.70. The minimum atomic E-state index is 0.192. The molecule has 4 heteroatoms. The predicted molar refractivity (Wildman–Crippen MR) is 71.9 cm³/mol. The number of hydrogen-bond donors (Lipinski definition) is 1. The van der Waals surface area contributed by atoms with Gasteiger partial charge in [0.05, 0.1) is 0 Å². The van der Waals surface area contributed by atoms with Crippen molar-refractivity contribution in [1.29, 1.82) is 0 Å². The maximum Gasteiger partial charge on any atom is 0.109 e. The molecule has 1 aromatic heterocycles. The highest BCUT2D eigenvalue weighted by molar-refractivity contribution is 4.92. The van der Waals surface area contributed by atoms with Crippen molar-refractivity contribution in [2.75, 3.05) is 26.2 Å². The maximum absolute atomic E-state index is 5.78. The quantitative estimate of drug-likeness (QED) is 0.778. The number of likely N-dealkylation sites (N-methyl/N-ethyl adjacent to an activating group) is 1. The van der Waals surface area contributed by atoms with Crippen LogP contribution in [0.15, 0.2) is 12.4 Å². The Morgan fingerprint density at radius 2 is 2.18 bits per heavy atom. The van der Waals surface area contributed by atoms with Gasteiger partial charge in [0.15, 0.2) is 0 Å². The minimum absolute atomic E-state index is 0.192. The number of nitrogens with zero attached hydrogens (tertiary/aromatic N) is 3. The lowest BCUT2D eigenvalue weighted by Crippen LogP contribution is -2.39. The van der Waals surface area contributed by atoms with Crippen molar-refractivity contribution in [2.24, 2.45) is 18.2 Å². The number of nitrogens with two attached hydrogens (primary N) is 1. The summed E-state index contributed by atoms with van der Waals surface area (Å²) in [7, 11) is 2.04. The summed E-state index contributed by atoms with van der Waals surface area (Å²) in [6.45, 7) is 10.5. The van der Waals surface area contributed by atoms with E-state index in [0.717, 1.165) is 38.4 Å². The van der Waals surface area contributed by atoms with Gasteiger partial charge in [0.1, 0.15) is 5.82 Å². The smallest absolute Gasteiger partial charge is 0.109 e. The molecule has 0 radical (unpaired) electrons. The van der Waals surface area contributed by atoms with Crippen molar-refractivity contribution in [1.82, 2.24) is 14.5 Å². The van der Waals surface area contributed by atoms with Crippen molar-refractivity contribution in [3.05, 3.63) is 18.2 Å². The van der Waals surface area contributed by atoms with Gasteiger partial charge in [-0.1, -0.05) is 20.8 Å². The third-order valence-corrected chi connectivity index (χ3v) is 3.22. The van der Waals surface area contributed by atoms with E-state index in [9.17, 15) is 0 Å². The summed E-state index contributed by atoms with van der Waals surface area (Å²) in [4.78, 5) is 6.80. The predicted octanol–water partition coefficient (Wildman–Crippen LogP) is 1.27. The van der Waals surface area contributed by atoms with E-state index in [0.29, 0.717) is 0 Å². The highest BCUT2D eigenvalue weighted by Gasteiger charge is 2.19. The van der Waals surface area contributed by atoms with Gasteiger partial charge < -0.3 is 15.2 Å². The number of rotatable bonds is 7. The Kier molecular flexibility index (Phi) is 5.15. The second-order valence-electron chi connectivity index (χ2n) is 5.44. The summed E-state index contributed by atoms with van der Waals surface area (Å²) in [6.07, 6.45) is 4.85. The fourth-order valence-electron chi connectivity index (χ4n) is 1.91. The normalized spacial score (nSPS) is 12.4. The van der Waals surface area contributed by atoms with Gasteiger partial charge >= 0.3 is 0 Å². The molecule has 4 nitrogen and oxygen atoms in total. The Morgan fingerprint density at radius 1 is 1.47 bits per heavy atom. The van der Waals surface area contributed by atoms with Crippen LogP contribution in [0, 0.1) is 5.41 Å². The van der Waals surface area contributed by atoms with Gasteiger partial charge in [0.25, 0.3) is 0 Å². The first-order chi connectivity index (χ1) is 7.98. The van der Waals surface area contributed by atoms with E-state index < -0.39 is 0 Å². The standard InChI is InChI=1S/C13H26N4/c1-5-17(11-13(2,3)10-14)8-6-12-15-7-9-16(12)4/h7,9H,5-6,8,10-11,14H2,1-4H3. The first-order valence-corrected chi connectivity index (χ1v) is 6.37. The Hall–Kier alpha value is -0.870. The van der Waals surface area contributed by atoms with E-state index in [2.05, 4.69) is 35.2 Å². The molecular weight excluding hydrogens is 212 g/mol. The summed E-state index contributed by atoms with van der Waals surface area (Å²) in [5.41, 5.74) is 5.97. The number of aromatic nitrogens is 2. The van der Waals surface area contributed by atoms with Crippen LogP contribution in [-0.2, 0) is 13.5 Å². The fourth-order valence-corrected chi connectivity index (χ4v) is 1.91. The van der Waals surface area contributed by atoms with Gasteiger partial charge in [-0.2, -0.15) is 0 Å². The highest BCUT2D eigenvalue weighted by Crippen LogP contribution is 2.14. The van der Waals surface area contributed by atoms with Crippen LogP contribution in [0.25, 0.3) is 0 Å². The molecule has 0 bridgehead atoms. The molecule has 17 heavy (non-hydrogen) atoms. The molecule has 0 unspecified atom stereocenters. The van der Waals surface area contributed by atoms with Gasteiger partial charge in [-0.3, -0.25) is 0 Å². The summed E-state index contributed by atoms with van der Waals surface area (Å²) in [5, 5.41) is 0. The molecule has 0 aliphatic heterocycles. The van der Waals surface area contributed by atoms with E-state index in [4.69, 9.17) is 5.73 Å². The van der Waals surface area contributed by atoms with E-state index in [-0.39, 0.29) is 5.41 Å². The fraction of sp³-hybridized carbons (Fsp3) is 0.769. The van der Waals surface area contributed by atoms with Gasteiger partial charge in [0.2, 0.25) is 0 Å². The summed E-state index contributed by atoms with van der Waals surface area (Å²) in [6, 6.07) is 0. The van der Waals surface area contributed by atoms with Gasteiger partial charge in [-0.25, -0.2) is 4.98 Å². The van der Waals surface area contributed by atoms with Gasteiger partial charge in [-0.15, -0.1) is 0 Å². The number of imidazole rings is 1. The molecular formula is C13H26N4.